The highest BCUT2D eigenvalue weighted by molar-refractivity contribution is 5.95. The number of anilines is 2. The Morgan fingerprint density at radius 3 is 2.00 bits per heavy atom. The molecular weight excluding hydrogens is 352 g/mol. The summed E-state index contributed by atoms with van der Waals surface area (Å²) >= 11 is 0. The van der Waals surface area contributed by atoms with Gasteiger partial charge in [0.25, 0.3) is 5.91 Å². The molecule has 6 nitrogen and oxygen atoms in total. The van der Waals surface area contributed by atoms with Crippen molar-refractivity contribution >= 4 is 23.5 Å². The highest BCUT2D eigenvalue weighted by atomic mass is 16.3. The summed E-state index contributed by atoms with van der Waals surface area (Å²) in [6.07, 6.45) is 1.45. The molecule has 2 N–H and O–H groups in total. The van der Waals surface area contributed by atoms with Crippen LogP contribution in [0.1, 0.15) is 43.6 Å². The van der Waals surface area contributed by atoms with Gasteiger partial charge in [0, 0.05) is 54.7 Å². The number of aromatic hydroxyl groups is 1. The van der Waals surface area contributed by atoms with Crippen LogP contribution in [-0.2, 0) is 0 Å². The summed E-state index contributed by atoms with van der Waals surface area (Å²) in [7, 11) is 0. The third-order valence-corrected chi connectivity index (χ3v) is 4.77. The van der Waals surface area contributed by atoms with Crippen molar-refractivity contribution < 1.29 is 9.90 Å². The van der Waals surface area contributed by atoms with E-state index < -0.39 is 0 Å². The maximum atomic E-state index is 12.3. The van der Waals surface area contributed by atoms with Crippen LogP contribution in [0.5, 0.6) is 5.75 Å². The molecule has 1 amide bonds. The van der Waals surface area contributed by atoms with E-state index in [-0.39, 0.29) is 11.7 Å². The molecule has 2 aromatic carbocycles. The summed E-state index contributed by atoms with van der Waals surface area (Å²) in [6, 6.07) is 12.9. The van der Waals surface area contributed by atoms with Crippen LogP contribution in [-0.4, -0.2) is 43.4 Å². The zero-order valence-electron chi connectivity index (χ0n) is 17.1. The summed E-state index contributed by atoms with van der Waals surface area (Å²) in [6.45, 7) is 11.9. The quantitative estimate of drug-likeness (QED) is 0.511. The van der Waals surface area contributed by atoms with Crippen molar-refractivity contribution in [3.05, 3.63) is 53.6 Å². The van der Waals surface area contributed by atoms with Gasteiger partial charge in [-0.3, -0.25) is 4.79 Å². The van der Waals surface area contributed by atoms with Gasteiger partial charge in [0.15, 0.2) is 0 Å². The molecule has 0 saturated heterocycles. The molecule has 0 spiro atoms. The molecule has 2 aromatic rings. The molecule has 0 aliphatic carbocycles. The van der Waals surface area contributed by atoms with E-state index in [1.165, 1.54) is 6.21 Å². The third kappa shape index (κ3) is 5.25. The predicted molar refractivity (Wildman–Crippen MR) is 117 cm³/mol. The van der Waals surface area contributed by atoms with Crippen LogP contribution in [0.25, 0.3) is 0 Å². The molecule has 0 heterocycles. The number of nitrogens with one attached hydrogen (secondary N) is 1. The van der Waals surface area contributed by atoms with E-state index in [0.29, 0.717) is 11.1 Å². The zero-order valence-corrected chi connectivity index (χ0v) is 17.1. The number of rotatable bonds is 9. The zero-order chi connectivity index (χ0) is 20.5. The molecule has 0 fully saturated rings. The molecule has 150 valence electrons. The largest absolute Gasteiger partial charge is 0.507 e. The average Bonchev–Trinajstić information content (AvgIpc) is 2.72. The number of amides is 1. The molecule has 28 heavy (non-hydrogen) atoms. The maximum absolute atomic E-state index is 12.3. The summed E-state index contributed by atoms with van der Waals surface area (Å²) in [5, 5.41) is 14.2. The fourth-order valence-corrected chi connectivity index (χ4v) is 3.06. The van der Waals surface area contributed by atoms with E-state index in [4.69, 9.17) is 0 Å². The highest BCUT2D eigenvalue weighted by Crippen LogP contribution is 2.23. The number of hydrogen-bond donors (Lipinski definition) is 2. The van der Waals surface area contributed by atoms with Gasteiger partial charge < -0.3 is 14.9 Å². The number of benzene rings is 2. The topological polar surface area (TPSA) is 68.2 Å². The number of phenolic OH excluding ortho intramolecular Hbond substituents is 1. The van der Waals surface area contributed by atoms with Gasteiger partial charge in [-0.05, 0) is 64.1 Å². The molecule has 0 unspecified atom stereocenters. The number of hydrazone groups is 1. The van der Waals surface area contributed by atoms with E-state index in [9.17, 15) is 9.90 Å². The number of carbonyl (C=O) groups is 1. The second-order valence-corrected chi connectivity index (χ2v) is 6.33. The van der Waals surface area contributed by atoms with Crippen molar-refractivity contribution in [3.63, 3.8) is 0 Å². The van der Waals surface area contributed by atoms with E-state index >= 15 is 0 Å². The summed E-state index contributed by atoms with van der Waals surface area (Å²) in [5.41, 5.74) is 5.63. The van der Waals surface area contributed by atoms with Gasteiger partial charge in [0.05, 0.1) is 6.21 Å². The third-order valence-electron chi connectivity index (χ3n) is 4.77. The summed E-state index contributed by atoms with van der Waals surface area (Å²) < 4.78 is 0. The normalized spacial score (nSPS) is 10.9. The van der Waals surface area contributed by atoms with Crippen molar-refractivity contribution in [2.24, 2.45) is 5.10 Å². The number of phenols is 1. The van der Waals surface area contributed by atoms with E-state index in [1.807, 2.05) is 18.2 Å². The lowest BCUT2D eigenvalue weighted by molar-refractivity contribution is 0.0955. The average molecular weight is 383 g/mol. The molecular formula is C22H30N4O2. The van der Waals surface area contributed by atoms with Gasteiger partial charge in [-0.15, -0.1) is 0 Å². The van der Waals surface area contributed by atoms with Crippen molar-refractivity contribution in [2.45, 2.75) is 27.7 Å². The first-order valence-corrected chi connectivity index (χ1v) is 9.80. The lowest BCUT2D eigenvalue weighted by atomic mass is 10.2. The molecule has 0 aromatic heterocycles. The summed E-state index contributed by atoms with van der Waals surface area (Å²) in [5.74, 6) is -0.160. The molecule has 0 aliphatic heterocycles. The Morgan fingerprint density at radius 2 is 1.46 bits per heavy atom. The SMILES string of the molecule is CCN(CC)c1ccc(C(=O)N/N=C/c2ccc(N(CC)CC)cc2O)cc1. The van der Waals surface area contributed by atoms with E-state index in [1.54, 1.807) is 24.3 Å². The van der Waals surface area contributed by atoms with Crippen LogP contribution in [0.4, 0.5) is 11.4 Å². The van der Waals surface area contributed by atoms with Gasteiger partial charge in [-0.2, -0.15) is 5.10 Å². The van der Waals surface area contributed by atoms with Gasteiger partial charge in [-0.25, -0.2) is 5.43 Å². The molecule has 6 heteroatoms. The minimum absolute atomic E-state index is 0.131. The number of hydrogen-bond acceptors (Lipinski definition) is 5. The Kier molecular flexibility index (Phi) is 7.87. The van der Waals surface area contributed by atoms with Gasteiger partial charge in [0.2, 0.25) is 0 Å². The molecule has 0 radical (unpaired) electrons. The fourth-order valence-electron chi connectivity index (χ4n) is 3.06. The second kappa shape index (κ2) is 10.3. The van der Waals surface area contributed by atoms with Crippen molar-refractivity contribution in [2.75, 3.05) is 36.0 Å². The first kappa shape index (κ1) is 21.3. The van der Waals surface area contributed by atoms with Crippen LogP contribution >= 0.6 is 0 Å². The Bertz CT molecular complexity index is 795. The van der Waals surface area contributed by atoms with Gasteiger partial charge >= 0.3 is 0 Å². The Hall–Kier alpha value is -3.02. The number of carbonyl (C=O) groups excluding carboxylic acids is 1. The van der Waals surface area contributed by atoms with E-state index in [0.717, 1.165) is 37.6 Å². The van der Waals surface area contributed by atoms with Crippen LogP contribution in [0.2, 0.25) is 0 Å². The Balaban J connectivity index is 2.01. The maximum Gasteiger partial charge on any atom is 0.271 e. The minimum atomic E-state index is -0.290. The van der Waals surface area contributed by atoms with Crippen molar-refractivity contribution in [3.8, 4) is 5.75 Å². The van der Waals surface area contributed by atoms with Crippen LogP contribution in [0.3, 0.4) is 0 Å². The van der Waals surface area contributed by atoms with Crippen LogP contribution in [0.15, 0.2) is 47.6 Å². The molecule has 0 aliphatic rings. The molecule has 0 saturated carbocycles. The smallest absolute Gasteiger partial charge is 0.271 e. The Morgan fingerprint density at radius 1 is 0.929 bits per heavy atom. The van der Waals surface area contributed by atoms with Crippen molar-refractivity contribution in [1.82, 2.24) is 5.43 Å². The van der Waals surface area contributed by atoms with Crippen molar-refractivity contribution in [1.29, 1.82) is 0 Å². The van der Waals surface area contributed by atoms with E-state index in [2.05, 4.69) is 48.0 Å². The number of nitrogens with zero attached hydrogens (tertiary/aromatic N) is 3. The molecule has 0 atom stereocenters. The minimum Gasteiger partial charge on any atom is -0.507 e. The molecule has 0 bridgehead atoms. The first-order chi connectivity index (χ1) is 13.5. The lowest BCUT2D eigenvalue weighted by Crippen LogP contribution is -2.22. The van der Waals surface area contributed by atoms with Gasteiger partial charge in [0.1, 0.15) is 5.75 Å². The monoisotopic (exact) mass is 382 g/mol. The predicted octanol–water partition coefficient (Wildman–Crippen LogP) is 3.85. The first-order valence-electron chi connectivity index (χ1n) is 9.80. The fraction of sp³-hybridized carbons (Fsp3) is 0.364. The van der Waals surface area contributed by atoms with Crippen LogP contribution < -0.4 is 15.2 Å². The standard InChI is InChI=1S/C22H30N4O2/c1-5-25(6-2)19-12-9-17(10-13-19)22(28)24-23-16-18-11-14-20(15-21(18)27)26(7-3)8-4/h9-16,27H,5-8H2,1-4H3,(H,24,28)/b23-16+. The highest BCUT2D eigenvalue weighted by Gasteiger charge is 2.08. The lowest BCUT2D eigenvalue weighted by Gasteiger charge is -2.21. The Labute approximate surface area is 167 Å². The molecule has 2 rings (SSSR count). The summed E-state index contributed by atoms with van der Waals surface area (Å²) in [4.78, 5) is 16.6. The van der Waals surface area contributed by atoms with Gasteiger partial charge in [-0.1, -0.05) is 0 Å². The second-order valence-electron chi connectivity index (χ2n) is 6.33. The van der Waals surface area contributed by atoms with Crippen LogP contribution in [0, 0.1) is 0 Å².